The minimum atomic E-state index is -2.43. The number of aliphatic hydroxyl groups is 3. The van der Waals surface area contributed by atoms with Gasteiger partial charge in [-0.3, -0.25) is 61.7 Å². The number of aromatic nitrogens is 4. The standard InChI is InChI=1S/C67H99N13O22S2/c1-6-37(2)46-26-42(82)30-70-62(92)40-24-47-45-7-8-54(98-5)48(35-103-44-9-12-78(13-10-44)57(88)11-15-99-17-19-101-21-22-102-20-18-100-16-14-79-32-41(76-77-79)29-69-61(91)38(3)23-58(89)90)60(45)75-66(47)104(97)36-50(72-56(87)31-71-63(46)93)64(94)73-49(28-55(68)86)67(96)80-33-43(83)27-51(80)65(95)74-59(52(84)25-40)39(4)53(85)34-81/h7-8,32,37-40,43-44,46,49-51,53,59,75,81,83,85H,6,9-31,33-36H2,1-5H3,(H2,68,86)(H,69,91)(H,70,92)(H,71,93)(H,72,87)(H,73,94)(H,74,95)(H,89,90)/t37-,38?,39-,40+,43+,46-,49-,50-,51-,53-,59-,104?/m0/s1. The van der Waals surface area contributed by atoms with Crippen LogP contribution in [0.25, 0.3) is 10.9 Å². The third-order valence-corrected chi connectivity index (χ3v) is 21.7. The maximum atomic E-state index is 15.5. The van der Waals surface area contributed by atoms with Crippen molar-refractivity contribution >= 4 is 104 Å². The molecule has 3 aromatic rings. The predicted molar refractivity (Wildman–Crippen MR) is 372 cm³/mol. The van der Waals surface area contributed by atoms with Gasteiger partial charge >= 0.3 is 5.97 Å². The number of carbonyl (C=O) groups is 12. The zero-order valence-electron chi connectivity index (χ0n) is 59.2. The van der Waals surface area contributed by atoms with Crippen molar-refractivity contribution in [1.29, 1.82) is 0 Å². The summed E-state index contributed by atoms with van der Waals surface area (Å²) in [6.45, 7) is 7.41. The number of carbonyl (C=O) groups excluding carboxylic acids is 11. The van der Waals surface area contributed by atoms with Gasteiger partial charge in [0.15, 0.2) is 11.6 Å². The summed E-state index contributed by atoms with van der Waals surface area (Å²) in [4.78, 5) is 171. The van der Waals surface area contributed by atoms with Crippen molar-refractivity contribution in [3.63, 3.8) is 0 Å². The Morgan fingerprint density at radius 2 is 1.52 bits per heavy atom. The van der Waals surface area contributed by atoms with E-state index in [0.29, 0.717) is 99.8 Å². The number of aromatic amines is 1. The summed E-state index contributed by atoms with van der Waals surface area (Å²) in [5, 5.41) is 64.7. The van der Waals surface area contributed by atoms with Crippen LogP contribution in [0.4, 0.5) is 0 Å². The number of rotatable bonds is 31. The number of thioether (sulfide) groups is 1. The van der Waals surface area contributed by atoms with Crippen molar-refractivity contribution in [1.82, 2.24) is 61.7 Å². The number of aliphatic carboxylic acids is 1. The van der Waals surface area contributed by atoms with Gasteiger partial charge in [0.1, 0.15) is 34.6 Å². The Labute approximate surface area is 607 Å². The SMILES string of the molecule is CC[C@H](C)[C@@H]1CC(=O)CNC(=O)[C@H]2CC(=O)[C@H]([C@@H](C)[C@@H](O)CO)NC(=O)[C@@H]3C[C@@H](O)CN3C(=O)[C@H](CC(N)=O)NC(=O)[C@H](CS(=O)c3[nH]c4c(CSC5CCN(C(=O)CCOCCOCCOCCOCCn6cc(CNC(=O)C(C)CC(=O)O)nn6)CC5)c(OC)ccc4c3C2)NC(=O)CNC1=O. The Morgan fingerprint density at radius 1 is 0.846 bits per heavy atom. The molecule has 0 radical (unpaired) electrons. The molecule has 0 spiro atoms. The number of aliphatic hydroxyl groups excluding tert-OH is 3. The number of nitrogens with one attached hydrogen (secondary N) is 7. The lowest BCUT2D eigenvalue weighted by Gasteiger charge is -2.32. The van der Waals surface area contributed by atoms with Gasteiger partial charge < -0.3 is 96.5 Å². The van der Waals surface area contributed by atoms with E-state index in [9.17, 15) is 68.1 Å². The fraction of sp³-hybridized carbons (Fsp3) is 0.672. The summed E-state index contributed by atoms with van der Waals surface area (Å²) in [6, 6.07) is -3.68. The van der Waals surface area contributed by atoms with Gasteiger partial charge in [-0.1, -0.05) is 39.3 Å². The lowest BCUT2D eigenvalue weighted by Crippen LogP contribution is -2.60. The molecule has 6 heterocycles. The summed E-state index contributed by atoms with van der Waals surface area (Å²) < 4.78 is 45.5. The molecular weight excluding hydrogens is 1400 g/mol. The van der Waals surface area contributed by atoms with E-state index in [1.54, 1.807) is 53.5 Å². The molecule has 0 aliphatic carbocycles. The van der Waals surface area contributed by atoms with Crippen molar-refractivity contribution in [3.8, 4) is 5.75 Å². The Kier molecular flexibility index (Phi) is 32.8. The molecule has 4 aliphatic rings. The Balaban J connectivity index is 1.03. The van der Waals surface area contributed by atoms with Gasteiger partial charge in [-0.15, -0.1) is 5.10 Å². The molecule has 2 aromatic heterocycles. The number of amides is 9. The number of hydrogen-bond acceptors (Lipinski definition) is 24. The van der Waals surface area contributed by atoms with E-state index in [1.807, 2.05) is 0 Å². The highest BCUT2D eigenvalue weighted by Crippen LogP contribution is 2.39. The summed E-state index contributed by atoms with van der Waals surface area (Å²) in [6.07, 6.45) is -2.67. The number of Topliss-reactive ketones (excluding diaryl/α,β-unsaturated/α-hetero) is 2. The molecule has 0 saturated carbocycles. The molecule has 2 fully saturated rings. The molecular formula is C67H99N13O22S2. The molecule has 7 rings (SSSR count). The van der Waals surface area contributed by atoms with Crippen LogP contribution in [0.5, 0.6) is 5.75 Å². The molecule has 1 aromatic carbocycles. The summed E-state index contributed by atoms with van der Waals surface area (Å²) in [7, 11) is -0.974. The number of benzene rings is 1. The van der Waals surface area contributed by atoms with Gasteiger partial charge in [-0.25, -0.2) is 4.68 Å². The van der Waals surface area contributed by atoms with Gasteiger partial charge in [0, 0.05) is 84.5 Å². The van der Waals surface area contributed by atoms with E-state index >= 15 is 9.00 Å². The minimum absolute atomic E-state index is 0.0277. The van der Waals surface area contributed by atoms with Crippen LogP contribution in [-0.2, 0) is 113 Å². The van der Waals surface area contributed by atoms with Crippen LogP contribution in [0.2, 0.25) is 0 Å². The first-order valence-corrected chi connectivity index (χ1v) is 37.3. The largest absolute Gasteiger partial charge is 0.496 e. The monoisotopic (exact) mass is 1500 g/mol. The van der Waals surface area contributed by atoms with Crippen LogP contribution >= 0.6 is 11.8 Å². The second-order valence-corrected chi connectivity index (χ2v) is 29.2. The van der Waals surface area contributed by atoms with Crippen molar-refractivity contribution in [2.45, 2.75) is 157 Å². The van der Waals surface area contributed by atoms with Crippen LogP contribution in [0.3, 0.4) is 0 Å². The summed E-state index contributed by atoms with van der Waals surface area (Å²) >= 11 is 1.57. The molecule has 13 N–H and O–H groups in total. The van der Waals surface area contributed by atoms with Gasteiger partial charge in [0.05, 0.1) is 159 Å². The number of likely N-dealkylation sites (tertiary alicyclic amines) is 1. The highest BCUT2D eigenvalue weighted by atomic mass is 32.2. The average molecular weight is 1500 g/mol. The number of nitrogens with zero attached hydrogens (tertiary/aromatic N) is 5. The van der Waals surface area contributed by atoms with Gasteiger partial charge in [-0.2, -0.15) is 11.8 Å². The topological polar surface area (TPSA) is 500 Å². The van der Waals surface area contributed by atoms with Crippen molar-refractivity contribution in [2.24, 2.45) is 35.3 Å². The average Bonchev–Trinajstić information content (AvgIpc) is 1.60. The van der Waals surface area contributed by atoms with Crippen LogP contribution in [0, 0.1) is 29.6 Å². The first-order valence-electron chi connectivity index (χ1n) is 34.9. The number of ether oxygens (including phenoxy) is 5. The highest BCUT2D eigenvalue weighted by Gasteiger charge is 2.45. The Hall–Kier alpha value is -8.04. The van der Waals surface area contributed by atoms with Crippen LogP contribution in [0.1, 0.15) is 102 Å². The van der Waals surface area contributed by atoms with E-state index in [-0.39, 0.29) is 72.6 Å². The molecule has 4 aliphatic heterocycles. The fourth-order valence-electron chi connectivity index (χ4n) is 12.7. The predicted octanol–water partition coefficient (Wildman–Crippen LogP) is -2.74. The molecule has 12 atom stereocenters. The smallest absolute Gasteiger partial charge is 0.304 e. The van der Waals surface area contributed by atoms with E-state index in [2.05, 4.69) is 47.2 Å². The molecule has 2 unspecified atom stereocenters. The molecule has 576 valence electrons. The second-order valence-electron chi connectivity index (χ2n) is 26.5. The van der Waals surface area contributed by atoms with Crippen LogP contribution in [-0.4, -0.2) is 272 Å². The normalized spacial score (nSPS) is 23.5. The zero-order valence-corrected chi connectivity index (χ0v) is 60.9. The van der Waals surface area contributed by atoms with Gasteiger partial charge in [0.2, 0.25) is 53.2 Å². The molecule has 104 heavy (non-hydrogen) atoms. The number of carboxylic acids is 1. The molecule has 9 amide bonds. The molecule has 2 saturated heterocycles. The van der Waals surface area contributed by atoms with E-state index < -0.39 is 200 Å². The lowest BCUT2D eigenvalue weighted by atomic mass is 9.85. The number of ketones is 2. The second kappa shape index (κ2) is 41.0. The maximum absolute atomic E-state index is 15.5. The minimum Gasteiger partial charge on any atom is -0.496 e. The third-order valence-electron chi connectivity index (χ3n) is 18.9. The van der Waals surface area contributed by atoms with Gasteiger partial charge in [0.25, 0.3) is 0 Å². The highest BCUT2D eigenvalue weighted by molar-refractivity contribution is 7.99. The quantitative estimate of drug-likeness (QED) is 0.0291. The number of carboxylic acid groups (broad SMARTS) is 1. The Morgan fingerprint density at radius 3 is 2.17 bits per heavy atom. The van der Waals surface area contributed by atoms with Crippen molar-refractivity contribution < 1.29 is 106 Å². The van der Waals surface area contributed by atoms with E-state index in [4.69, 9.17) is 34.5 Å². The van der Waals surface area contributed by atoms with E-state index in [1.165, 1.54) is 21.0 Å². The first-order chi connectivity index (χ1) is 49.7. The number of piperidine rings is 1. The van der Waals surface area contributed by atoms with Crippen LogP contribution < -0.4 is 42.4 Å². The number of nitrogens with two attached hydrogens (primary N) is 1. The summed E-state index contributed by atoms with van der Waals surface area (Å²) in [5.41, 5.74) is 7.27. The van der Waals surface area contributed by atoms with Crippen LogP contribution in [0.15, 0.2) is 23.4 Å². The number of H-pyrrole nitrogens is 1. The van der Waals surface area contributed by atoms with Crippen molar-refractivity contribution in [3.05, 3.63) is 35.2 Å². The number of hydrogen-bond donors (Lipinski definition) is 12. The number of fused-ring (bicyclic) bond motifs is 5. The fourth-order valence-corrected chi connectivity index (χ4v) is 15.3. The molecule has 35 nitrogen and oxygen atoms in total. The van der Waals surface area contributed by atoms with Crippen molar-refractivity contribution in [2.75, 3.05) is 105 Å². The summed E-state index contributed by atoms with van der Waals surface area (Å²) in [5.74, 6) is -14.9. The number of methoxy groups -OCH3 is 1. The molecule has 2 bridgehead atoms. The first kappa shape index (κ1) is 83.2. The lowest BCUT2D eigenvalue weighted by molar-refractivity contribution is -0.144. The number of primary amides is 1. The maximum Gasteiger partial charge on any atom is 0.304 e. The zero-order chi connectivity index (χ0) is 75.7. The Bertz CT molecular complexity index is 3530. The molecule has 37 heteroatoms. The van der Waals surface area contributed by atoms with Gasteiger partial charge in [-0.05, 0) is 42.9 Å². The van der Waals surface area contributed by atoms with E-state index in [0.717, 1.165) is 4.90 Å². The third kappa shape index (κ3) is 24.3.